The van der Waals surface area contributed by atoms with E-state index in [1.165, 1.54) is 0 Å². The third kappa shape index (κ3) is 2.96. The first-order valence-electron chi connectivity index (χ1n) is 5.16. The number of ether oxygens (including phenoxy) is 1. The average molecular weight is 200 g/mol. The quantitative estimate of drug-likeness (QED) is 0.685. The van der Waals surface area contributed by atoms with Gasteiger partial charge in [-0.15, -0.1) is 0 Å². The Labute approximate surface area is 85.4 Å². The van der Waals surface area contributed by atoms with Gasteiger partial charge in [-0.3, -0.25) is 4.79 Å². The second-order valence-corrected chi connectivity index (χ2v) is 4.12. The van der Waals surface area contributed by atoms with Crippen LogP contribution < -0.4 is 10.6 Å². The Hall–Kier alpha value is -0.610. The minimum absolute atomic E-state index is 0.0200. The van der Waals surface area contributed by atoms with Crippen molar-refractivity contribution in [1.29, 1.82) is 0 Å². The highest BCUT2D eigenvalue weighted by Gasteiger charge is 2.30. The van der Waals surface area contributed by atoms with Gasteiger partial charge in [-0.25, -0.2) is 0 Å². The van der Waals surface area contributed by atoms with Crippen LogP contribution in [0.15, 0.2) is 0 Å². The second-order valence-electron chi connectivity index (χ2n) is 4.12. The first kappa shape index (κ1) is 11.5. The molecular formula is C10H20N2O2. The lowest BCUT2D eigenvalue weighted by atomic mass is 10.0. The number of hydrogen-bond acceptors (Lipinski definition) is 3. The highest BCUT2D eigenvalue weighted by atomic mass is 16.5. The van der Waals surface area contributed by atoms with E-state index in [4.69, 9.17) is 4.74 Å². The molecule has 2 atom stereocenters. The van der Waals surface area contributed by atoms with Crippen molar-refractivity contribution in [3.05, 3.63) is 0 Å². The van der Waals surface area contributed by atoms with Crippen molar-refractivity contribution in [2.24, 2.45) is 0 Å². The van der Waals surface area contributed by atoms with Gasteiger partial charge in [0.05, 0.1) is 11.6 Å². The first-order chi connectivity index (χ1) is 6.57. The molecule has 4 nitrogen and oxygen atoms in total. The fourth-order valence-corrected chi connectivity index (χ4v) is 1.65. The Kier molecular flexibility index (Phi) is 3.89. The maximum Gasteiger partial charge on any atom is 0.236 e. The molecule has 14 heavy (non-hydrogen) atoms. The van der Waals surface area contributed by atoms with Crippen molar-refractivity contribution in [1.82, 2.24) is 10.6 Å². The Morgan fingerprint density at radius 3 is 2.86 bits per heavy atom. The maximum atomic E-state index is 11.2. The van der Waals surface area contributed by atoms with Crippen molar-refractivity contribution in [2.45, 2.75) is 38.3 Å². The Morgan fingerprint density at radius 1 is 1.64 bits per heavy atom. The molecule has 1 rings (SSSR count). The molecule has 82 valence electrons. The molecule has 1 aliphatic rings. The zero-order chi connectivity index (χ0) is 10.6. The van der Waals surface area contributed by atoms with E-state index >= 15 is 0 Å². The predicted molar refractivity (Wildman–Crippen MR) is 55.1 cm³/mol. The monoisotopic (exact) mass is 200 g/mol. The van der Waals surface area contributed by atoms with Gasteiger partial charge < -0.3 is 15.4 Å². The van der Waals surface area contributed by atoms with Crippen molar-refractivity contribution in [2.75, 3.05) is 20.2 Å². The van der Waals surface area contributed by atoms with Crippen LogP contribution in [0.2, 0.25) is 0 Å². The third-order valence-electron chi connectivity index (χ3n) is 2.72. The number of hydrogen-bond donors (Lipinski definition) is 2. The summed E-state index contributed by atoms with van der Waals surface area (Å²) in [5, 5.41) is 5.79. The van der Waals surface area contributed by atoms with Gasteiger partial charge in [0.25, 0.3) is 0 Å². The lowest BCUT2D eigenvalue weighted by molar-refractivity contribution is -0.122. The van der Waals surface area contributed by atoms with Gasteiger partial charge in [-0.2, -0.15) is 0 Å². The minimum atomic E-state index is -0.152. The van der Waals surface area contributed by atoms with E-state index in [-0.39, 0.29) is 17.6 Å². The van der Waals surface area contributed by atoms with E-state index in [0.29, 0.717) is 0 Å². The van der Waals surface area contributed by atoms with Crippen LogP contribution >= 0.6 is 0 Å². The van der Waals surface area contributed by atoms with Crippen molar-refractivity contribution in [3.63, 3.8) is 0 Å². The molecule has 0 aromatic rings. The lowest BCUT2D eigenvalue weighted by Gasteiger charge is -2.25. The number of nitrogens with one attached hydrogen (secondary N) is 2. The number of carbonyl (C=O) groups excluding carboxylic acids is 1. The number of carbonyl (C=O) groups is 1. The molecule has 4 heteroatoms. The zero-order valence-electron chi connectivity index (χ0n) is 9.22. The molecule has 1 aliphatic heterocycles. The van der Waals surface area contributed by atoms with Gasteiger partial charge >= 0.3 is 0 Å². The second kappa shape index (κ2) is 4.75. The van der Waals surface area contributed by atoms with Crippen LogP contribution in [0.4, 0.5) is 0 Å². The topological polar surface area (TPSA) is 50.4 Å². The van der Waals surface area contributed by atoms with Crippen LogP contribution in [-0.4, -0.2) is 37.7 Å². The van der Waals surface area contributed by atoms with Gasteiger partial charge in [0, 0.05) is 20.2 Å². The van der Waals surface area contributed by atoms with Crippen LogP contribution in [0, 0.1) is 0 Å². The largest absolute Gasteiger partial charge is 0.374 e. The van der Waals surface area contributed by atoms with E-state index in [1.807, 2.05) is 6.92 Å². The van der Waals surface area contributed by atoms with E-state index in [2.05, 4.69) is 17.6 Å². The molecule has 1 fully saturated rings. The van der Waals surface area contributed by atoms with Crippen LogP contribution in [-0.2, 0) is 9.53 Å². The Balaban J connectivity index is 2.28. The van der Waals surface area contributed by atoms with Crippen LogP contribution in [0.1, 0.15) is 26.7 Å². The molecule has 1 amide bonds. The molecule has 2 N–H and O–H groups in total. The number of rotatable bonds is 4. The number of likely N-dealkylation sites (N-methyl/N-ethyl adjacent to an activating group) is 1. The summed E-state index contributed by atoms with van der Waals surface area (Å²) >= 11 is 0. The first-order valence-corrected chi connectivity index (χ1v) is 5.16. The highest BCUT2D eigenvalue weighted by molar-refractivity contribution is 5.80. The summed E-state index contributed by atoms with van der Waals surface area (Å²) in [6.45, 7) is 5.52. The fourth-order valence-electron chi connectivity index (χ4n) is 1.65. The third-order valence-corrected chi connectivity index (χ3v) is 2.72. The molecule has 0 saturated carbocycles. The van der Waals surface area contributed by atoms with Crippen LogP contribution in [0.25, 0.3) is 0 Å². The predicted octanol–water partition coefficient (Wildman–Crippen LogP) is 0.280. The molecular weight excluding hydrogens is 180 g/mol. The van der Waals surface area contributed by atoms with Gasteiger partial charge in [0.2, 0.25) is 5.91 Å². The van der Waals surface area contributed by atoms with Gasteiger partial charge in [0.15, 0.2) is 0 Å². The van der Waals surface area contributed by atoms with E-state index in [1.54, 1.807) is 7.05 Å². The van der Waals surface area contributed by atoms with Gasteiger partial charge in [-0.1, -0.05) is 0 Å². The van der Waals surface area contributed by atoms with Gasteiger partial charge in [0.1, 0.15) is 0 Å². The summed E-state index contributed by atoms with van der Waals surface area (Å²) in [6.07, 6.45) is 2.19. The molecule has 0 aromatic carbocycles. The number of amides is 1. The molecule has 2 unspecified atom stereocenters. The molecule has 0 aromatic heterocycles. The normalized spacial score (nSPS) is 28.8. The summed E-state index contributed by atoms with van der Waals surface area (Å²) in [7, 11) is 1.65. The fraction of sp³-hybridized carbons (Fsp3) is 0.900. The molecule has 1 heterocycles. The SMILES string of the molecule is CNC(=O)C(C)NCC1(C)CCCO1. The standard InChI is InChI=1S/C10H20N2O2/c1-8(9(13)11-3)12-7-10(2)5-4-6-14-10/h8,12H,4-7H2,1-3H3,(H,11,13). The van der Waals surface area contributed by atoms with Gasteiger partial charge in [-0.05, 0) is 26.7 Å². The van der Waals surface area contributed by atoms with Crippen LogP contribution in [0.5, 0.6) is 0 Å². The molecule has 1 saturated heterocycles. The molecule has 0 radical (unpaired) electrons. The van der Waals surface area contributed by atoms with Crippen molar-refractivity contribution >= 4 is 5.91 Å². The smallest absolute Gasteiger partial charge is 0.236 e. The Bertz CT molecular complexity index is 200. The summed E-state index contributed by atoms with van der Waals surface area (Å²) in [5.41, 5.74) is -0.0811. The minimum Gasteiger partial charge on any atom is -0.374 e. The molecule has 0 aliphatic carbocycles. The summed E-state index contributed by atoms with van der Waals surface area (Å²) < 4.78 is 5.61. The highest BCUT2D eigenvalue weighted by Crippen LogP contribution is 2.23. The summed E-state index contributed by atoms with van der Waals surface area (Å²) in [6, 6.07) is -0.152. The molecule has 0 spiro atoms. The lowest BCUT2D eigenvalue weighted by Crippen LogP contribution is -2.47. The van der Waals surface area contributed by atoms with E-state index in [0.717, 1.165) is 26.0 Å². The average Bonchev–Trinajstić information content (AvgIpc) is 2.61. The molecule has 0 bridgehead atoms. The van der Waals surface area contributed by atoms with Crippen LogP contribution in [0.3, 0.4) is 0 Å². The van der Waals surface area contributed by atoms with Crippen molar-refractivity contribution in [3.8, 4) is 0 Å². The summed E-state index contributed by atoms with van der Waals surface area (Å²) in [5.74, 6) is 0.0200. The van der Waals surface area contributed by atoms with Crippen molar-refractivity contribution < 1.29 is 9.53 Å². The van der Waals surface area contributed by atoms with E-state index in [9.17, 15) is 4.79 Å². The Morgan fingerprint density at radius 2 is 2.36 bits per heavy atom. The summed E-state index contributed by atoms with van der Waals surface area (Å²) in [4.78, 5) is 11.2. The van der Waals surface area contributed by atoms with E-state index < -0.39 is 0 Å². The zero-order valence-corrected chi connectivity index (χ0v) is 9.22. The maximum absolute atomic E-state index is 11.2.